The van der Waals surface area contributed by atoms with E-state index in [9.17, 15) is 18.0 Å². The van der Waals surface area contributed by atoms with Gasteiger partial charge in [-0.15, -0.1) is 0 Å². The number of hydrogen-bond acceptors (Lipinski definition) is 5. The standard InChI is InChI=1S/C29H24F3NO4/c1-3-35-27(34)17-25(20-8-5-4-6-9-20)22-10-7-11-24(16-22)36-18-26-19(2)37-28(33-26)21-12-14-23(15-13-21)29(30,31)32/h4-17H,3,18H2,1-2H3/b25-17+. The third kappa shape index (κ3) is 6.46. The van der Waals surface area contributed by atoms with E-state index in [0.717, 1.165) is 23.3 Å². The summed E-state index contributed by atoms with van der Waals surface area (Å²) in [6.07, 6.45) is -2.96. The average molecular weight is 508 g/mol. The Morgan fingerprint density at radius 1 is 0.973 bits per heavy atom. The van der Waals surface area contributed by atoms with E-state index in [1.165, 1.54) is 18.2 Å². The Bertz CT molecular complexity index is 1390. The Morgan fingerprint density at radius 3 is 2.35 bits per heavy atom. The summed E-state index contributed by atoms with van der Waals surface area (Å²) in [5.74, 6) is 0.809. The van der Waals surface area contributed by atoms with Gasteiger partial charge < -0.3 is 13.9 Å². The van der Waals surface area contributed by atoms with E-state index in [2.05, 4.69) is 4.98 Å². The highest BCUT2D eigenvalue weighted by Crippen LogP contribution is 2.32. The predicted octanol–water partition coefficient (Wildman–Crippen LogP) is 7.24. The molecule has 3 aromatic carbocycles. The van der Waals surface area contributed by atoms with E-state index in [4.69, 9.17) is 13.9 Å². The fourth-order valence-electron chi connectivity index (χ4n) is 3.65. The lowest BCUT2D eigenvalue weighted by Gasteiger charge is -2.11. The number of benzene rings is 3. The lowest BCUT2D eigenvalue weighted by Crippen LogP contribution is -2.04. The monoisotopic (exact) mass is 507 g/mol. The van der Waals surface area contributed by atoms with Crippen LogP contribution in [0.2, 0.25) is 0 Å². The van der Waals surface area contributed by atoms with Gasteiger partial charge in [-0.05, 0) is 66.9 Å². The quantitative estimate of drug-likeness (QED) is 0.186. The fourth-order valence-corrected chi connectivity index (χ4v) is 3.65. The number of aromatic nitrogens is 1. The van der Waals surface area contributed by atoms with E-state index >= 15 is 0 Å². The first-order valence-electron chi connectivity index (χ1n) is 11.6. The highest BCUT2D eigenvalue weighted by atomic mass is 19.4. The molecule has 0 bridgehead atoms. The molecule has 37 heavy (non-hydrogen) atoms. The van der Waals surface area contributed by atoms with Crippen LogP contribution in [0.4, 0.5) is 13.2 Å². The van der Waals surface area contributed by atoms with Gasteiger partial charge in [0.25, 0.3) is 0 Å². The van der Waals surface area contributed by atoms with Gasteiger partial charge in [0.1, 0.15) is 23.8 Å². The van der Waals surface area contributed by atoms with Crippen LogP contribution in [0.3, 0.4) is 0 Å². The number of ether oxygens (including phenoxy) is 2. The molecule has 0 spiro atoms. The first kappa shape index (κ1) is 25.8. The molecular formula is C29H24F3NO4. The fraction of sp³-hybridized carbons (Fsp3) is 0.172. The minimum atomic E-state index is -4.41. The third-order valence-electron chi connectivity index (χ3n) is 5.51. The number of halogens is 3. The van der Waals surface area contributed by atoms with Gasteiger partial charge in [0, 0.05) is 11.6 Å². The number of alkyl halides is 3. The second-order valence-corrected chi connectivity index (χ2v) is 8.09. The summed E-state index contributed by atoms with van der Waals surface area (Å²) in [5.41, 5.74) is 2.51. The Balaban J connectivity index is 1.53. The van der Waals surface area contributed by atoms with E-state index in [1.807, 2.05) is 48.5 Å². The van der Waals surface area contributed by atoms with E-state index in [-0.39, 0.29) is 19.1 Å². The highest BCUT2D eigenvalue weighted by Gasteiger charge is 2.30. The van der Waals surface area contributed by atoms with E-state index in [0.29, 0.717) is 28.3 Å². The zero-order valence-corrected chi connectivity index (χ0v) is 20.2. The molecule has 0 saturated heterocycles. The van der Waals surface area contributed by atoms with Crippen LogP contribution in [0, 0.1) is 6.92 Å². The predicted molar refractivity (Wildman–Crippen MR) is 133 cm³/mol. The number of hydrogen-bond donors (Lipinski definition) is 0. The summed E-state index contributed by atoms with van der Waals surface area (Å²) < 4.78 is 55.2. The van der Waals surface area contributed by atoms with Gasteiger partial charge in [0.2, 0.25) is 5.89 Å². The van der Waals surface area contributed by atoms with Crippen LogP contribution in [0.25, 0.3) is 17.0 Å². The van der Waals surface area contributed by atoms with Crippen molar-refractivity contribution in [1.82, 2.24) is 4.98 Å². The van der Waals surface area contributed by atoms with Crippen LogP contribution in [0.5, 0.6) is 5.75 Å². The van der Waals surface area contributed by atoms with Crippen LogP contribution < -0.4 is 4.74 Å². The molecule has 0 saturated carbocycles. The molecule has 0 atom stereocenters. The lowest BCUT2D eigenvalue weighted by molar-refractivity contribution is -0.138. The first-order chi connectivity index (χ1) is 17.7. The van der Waals surface area contributed by atoms with E-state index in [1.54, 1.807) is 19.9 Å². The molecular weight excluding hydrogens is 483 g/mol. The molecule has 0 aliphatic carbocycles. The summed E-state index contributed by atoms with van der Waals surface area (Å²) >= 11 is 0. The molecule has 1 heterocycles. The van der Waals surface area contributed by atoms with Gasteiger partial charge >= 0.3 is 12.1 Å². The molecule has 1 aromatic heterocycles. The van der Waals surface area contributed by atoms with Crippen molar-refractivity contribution in [3.63, 3.8) is 0 Å². The molecule has 0 aliphatic rings. The highest BCUT2D eigenvalue weighted by molar-refractivity contribution is 5.96. The summed E-state index contributed by atoms with van der Waals surface area (Å²) in [6.45, 7) is 3.82. The lowest BCUT2D eigenvalue weighted by atomic mass is 9.97. The van der Waals surface area contributed by atoms with Crippen LogP contribution in [0.1, 0.15) is 35.1 Å². The topological polar surface area (TPSA) is 61.6 Å². The summed E-state index contributed by atoms with van der Waals surface area (Å²) in [4.78, 5) is 16.6. The van der Waals surface area contributed by atoms with Gasteiger partial charge in [-0.25, -0.2) is 9.78 Å². The van der Waals surface area contributed by atoms with Gasteiger partial charge in [0.05, 0.1) is 12.2 Å². The largest absolute Gasteiger partial charge is 0.487 e. The number of carbonyl (C=O) groups is 1. The molecule has 8 heteroatoms. The smallest absolute Gasteiger partial charge is 0.416 e. The molecule has 4 rings (SSSR count). The summed E-state index contributed by atoms with van der Waals surface area (Å²) in [6, 6.07) is 21.4. The van der Waals surface area contributed by atoms with Crippen LogP contribution in [-0.4, -0.2) is 17.6 Å². The molecule has 0 amide bonds. The Morgan fingerprint density at radius 2 is 1.68 bits per heavy atom. The Hall–Kier alpha value is -4.33. The zero-order valence-electron chi connectivity index (χ0n) is 20.2. The molecule has 190 valence electrons. The van der Waals surface area contributed by atoms with Crippen LogP contribution >= 0.6 is 0 Å². The second kappa shape index (κ2) is 11.2. The van der Waals surface area contributed by atoms with Gasteiger partial charge in [-0.3, -0.25) is 0 Å². The number of nitrogens with zero attached hydrogens (tertiary/aromatic N) is 1. The average Bonchev–Trinajstić information content (AvgIpc) is 3.27. The minimum absolute atomic E-state index is 0.0850. The number of rotatable bonds is 8. The van der Waals surface area contributed by atoms with Crippen molar-refractivity contribution in [2.45, 2.75) is 26.6 Å². The van der Waals surface area contributed by atoms with Crippen molar-refractivity contribution in [3.05, 3.63) is 113 Å². The Labute approximate surface area is 212 Å². The molecule has 5 nitrogen and oxygen atoms in total. The normalized spacial score (nSPS) is 11.9. The number of oxazole rings is 1. The number of esters is 1. The molecule has 0 N–H and O–H groups in total. The molecule has 0 aliphatic heterocycles. The van der Waals surface area contributed by atoms with Gasteiger partial charge in [-0.2, -0.15) is 13.2 Å². The zero-order chi connectivity index (χ0) is 26.4. The van der Waals surface area contributed by atoms with Crippen LogP contribution in [-0.2, 0) is 22.3 Å². The maximum atomic E-state index is 12.8. The number of aryl methyl sites for hydroxylation is 1. The summed E-state index contributed by atoms with van der Waals surface area (Å²) in [7, 11) is 0. The summed E-state index contributed by atoms with van der Waals surface area (Å²) in [5, 5.41) is 0. The van der Waals surface area contributed by atoms with Crippen molar-refractivity contribution in [1.29, 1.82) is 0 Å². The van der Waals surface area contributed by atoms with Crippen molar-refractivity contribution in [2.75, 3.05) is 6.61 Å². The van der Waals surface area contributed by atoms with Crippen molar-refractivity contribution < 1.29 is 31.9 Å². The van der Waals surface area contributed by atoms with Crippen LogP contribution in [0.15, 0.2) is 89.4 Å². The SMILES string of the molecule is CCOC(=O)/C=C(\c1ccccc1)c1cccc(OCc2nc(-c3ccc(C(F)(F)F)cc3)oc2C)c1. The number of carbonyl (C=O) groups excluding carboxylic acids is 1. The van der Waals surface area contributed by atoms with Crippen molar-refractivity contribution >= 4 is 11.5 Å². The first-order valence-corrected chi connectivity index (χ1v) is 11.6. The second-order valence-electron chi connectivity index (χ2n) is 8.09. The molecule has 0 radical (unpaired) electrons. The maximum absolute atomic E-state index is 12.8. The Kier molecular flexibility index (Phi) is 7.77. The van der Waals surface area contributed by atoms with Gasteiger partial charge in [-0.1, -0.05) is 42.5 Å². The molecule has 4 aromatic rings. The minimum Gasteiger partial charge on any atom is -0.487 e. The molecule has 0 unspecified atom stereocenters. The molecule has 0 fully saturated rings. The third-order valence-corrected chi connectivity index (χ3v) is 5.51. The van der Waals surface area contributed by atoms with E-state index < -0.39 is 17.7 Å². The van der Waals surface area contributed by atoms with Crippen molar-refractivity contribution in [3.8, 4) is 17.2 Å². The van der Waals surface area contributed by atoms with Gasteiger partial charge in [0.15, 0.2) is 0 Å². The maximum Gasteiger partial charge on any atom is 0.416 e. The van der Waals surface area contributed by atoms with Crippen molar-refractivity contribution in [2.24, 2.45) is 0 Å².